The molecule has 2 amide bonds. The molecule has 9 heteroatoms. The van der Waals surface area contributed by atoms with Crippen molar-refractivity contribution in [1.29, 1.82) is 0 Å². The molecule has 3 N–H and O–H groups in total. The van der Waals surface area contributed by atoms with E-state index in [9.17, 15) is 23.1 Å². The number of hydrogen-bond acceptors (Lipinski definition) is 6. The van der Waals surface area contributed by atoms with Crippen LogP contribution >= 0.6 is 0 Å². The maximum atomic E-state index is 13.2. The van der Waals surface area contributed by atoms with Gasteiger partial charge in [0, 0.05) is 37.0 Å². The predicted molar refractivity (Wildman–Crippen MR) is 186 cm³/mol. The molecule has 2 aromatic carbocycles. The number of nitrogens with one attached hydrogen (secondary N) is 2. The van der Waals surface area contributed by atoms with Crippen LogP contribution in [0.15, 0.2) is 41.3 Å². The van der Waals surface area contributed by atoms with Gasteiger partial charge < -0.3 is 15.3 Å². The van der Waals surface area contributed by atoms with Crippen LogP contribution in [-0.2, 0) is 19.6 Å². The van der Waals surface area contributed by atoms with Crippen LogP contribution in [0, 0.1) is 46.3 Å². The number of hydrogen-bond donors (Lipinski definition) is 3. The smallest absolute Gasteiger partial charge is 0.264 e. The molecule has 0 saturated heterocycles. The maximum Gasteiger partial charge on any atom is 0.264 e. The maximum absolute atomic E-state index is 13.2. The van der Waals surface area contributed by atoms with Gasteiger partial charge in [0.2, 0.25) is 5.91 Å². The Kier molecular flexibility index (Phi) is 9.46. The molecule has 0 heterocycles. The van der Waals surface area contributed by atoms with E-state index >= 15 is 0 Å². The molecule has 4 aliphatic carbocycles. The largest absolute Gasteiger partial charge is 0.393 e. The minimum atomic E-state index is -4.13. The van der Waals surface area contributed by atoms with E-state index in [0.717, 1.165) is 48.1 Å². The van der Waals surface area contributed by atoms with Crippen molar-refractivity contribution in [2.45, 2.75) is 102 Å². The number of carbonyl (C=O) groups excluding carboxylic acids is 2. The van der Waals surface area contributed by atoms with Crippen LogP contribution in [0.5, 0.6) is 0 Å². The predicted octanol–water partition coefficient (Wildman–Crippen LogP) is 6.26. The highest BCUT2D eigenvalue weighted by atomic mass is 32.2. The van der Waals surface area contributed by atoms with E-state index in [0.29, 0.717) is 40.4 Å². The Balaban J connectivity index is 1.01. The summed E-state index contributed by atoms with van der Waals surface area (Å²) < 4.78 is 28.6. The third-order valence-electron chi connectivity index (χ3n) is 13.5. The Morgan fingerprint density at radius 1 is 0.915 bits per heavy atom. The quantitative estimate of drug-likeness (QED) is 0.291. The van der Waals surface area contributed by atoms with Crippen LogP contribution in [0.2, 0.25) is 0 Å². The zero-order valence-corrected chi connectivity index (χ0v) is 29.7. The summed E-state index contributed by atoms with van der Waals surface area (Å²) in [4.78, 5) is 27.5. The average Bonchev–Trinajstić information content (AvgIpc) is 3.39. The van der Waals surface area contributed by atoms with Crippen molar-refractivity contribution in [3.05, 3.63) is 36.4 Å². The number of benzene rings is 2. The van der Waals surface area contributed by atoms with Crippen LogP contribution in [0.4, 0.5) is 5.69 Å². The first kappa shape index (κ1) is 34.2. The number of amides is 2. The number of fused-ring (bicyclic) bond motifs is 6. The first-order valence-corrected chi connectivity index (χ1v) is 19.4. The Bertz CT molecular complexity index is 1610. The molecule has 2 aromatic rings. The molecule has 0 aromatic heterocycles. The summed E-state index contributed by atoms with van der Waals surface area (Å²) in [5.41, 5.74) is 1.56. The van der Waals surface area contributed by atoms with Gasteiger partial charge in [-0.2, -0.15) is 0 Å². The number of aliphatic hydroxyl groups excluding tert-OH is 1. The summed E-state index contributed by atoms with van der Waals surface area (Å²) in [6.07, 6.45) is 11.7. The monoisotopic (exact) mass is 665 g/mol. The number of anilines is 1. The molecule has 9 unspecified atom stereocenters. The first-order chi connectivity index (χ1) is 22.2. The van der Waals surface area contributed by atoms with Crippen LogP contribution in [0.1, 0.15) is 91.4 Å². The molecule has 4 fully saturated rings. The standard InChI is InChI=1S/C38H55N3O5S/c1-24(30-15-16-31-29-14-13-25-22-26(42)18-20-37(25,2)32(29)19-21-38(30,31)3)12-17-35(43)39-23-36(44)40-47(45,46)34-11-7-8-27-28(34)9-6-10-33(27)41(4)5/h6-11,24-26,29-32,42H,12-23H2,1-5H3,(H,39,43)(H,40,44). The molecule has 0 spiro atoms. The zero-order chi connectivity index (χ0) is 33.7. The fraction of sp³-hybridized carbons (Fsp3) is 0.684. The second-order valence-corrected chi connectivity index (χ2v) is 17.8. The zero-order valence-electron chi connectivity index (χ0n) is 28.9. The summed E-state index contributed by atoms with van der Waals surface area (Å²) in [6.45, 7) is 6.98. The van der Waals surface area contributed by atoms with Gasteiger partial charge >= 0.3 is 0 Å². The number of nitrogens with zero attached hydrogens (tertiary/aromatic N) is 1. The van der Waals surface area contributed by atoms with Gasteiger partial charge in [0.25, 0.3) is 15.9 Å². The summed E-state index contributed by atoms with van der Waals surface area (Å²) in [5.74, 6) is 2.98. The fourth-order valence-electron chi connectivity index (χ4n) is 11.2. The first-order valence-electron chi connectivity index (χ1n) is 17.9. The highest BCUT2D eigenvalue weighted by molar-refractivity contribution is 7.90. The normalized spacial score (nSPS) is 34.1. The molecule has 47 heavy (non-hydrogen) atoms. The summed E-state index contributed by atoms with van der Waals surface area (Å²) >= 11 is 0. The van der Waals surface area contributed by atoms with Crippen LogP contribution in [-0.4, -0.2) is 52.1 Å². The van der Waals surface area contributed by atoms with Gasteiger partial charge in [-0.3, -0.25) is 9.59 Å². The van der Waals surface area contributed by atoms with E-state index in [1.54, 1.807) is 18.2 Å². The number of sulfonamides is 1. The molecule has 0 aliphatic heterocycles. The van der Waals surface area contributed by atoms with Gasteiger partial charge in [-0.05, 0) is 123 Å². The lowest BCUT2D eigenvalue weighted by atomic mass is 9.44. The molecule has 4 aliphatic rings. The van der Waals surface area contributed by atoms with Gasteiger partial charge in [0.05, 0.1) is 17.5 Å². The van der Waals surface area contributed by atoms with Crippen molar-refractivity contribution < 1.29 is 23.1 Å². The molecular formula is C38H55N3O5S. The van der Waals surface area contributed by atoms with E-state index in [2.05, 4.69) is 30.8 Å². The van der Waals surface area contributed by atoms with E-state index in [1.165, 1.54) is 51.0 Å². The van der Waals surface area contributed by atoms with Crippen LogP contribution < -0.4 is 14.9 Å². The number of carbonyl (C=O) groups is 2. The fourth-order valence-corrected chi connectivity index (χ4v) is 12.4. The Morgan fingerprint density at radius 2 is 1.62 bits per heavy atom. The second-order valence-electron chi connectivity index (χ2n) is 16.2. The molecule has 8 nitrogen and oxygen atoms in total. The molecule has 0 bridgehead atoms. The van der Waals surface area contributed by atoms with Gasteiger partial charge in [-0.25, -0.2) is 13.1 Å². The number of rotatable bonds is 9. The summed E-state index contributed by atoms with van der Waals surface area (Å²) in [5, 5.41) is 14.3. The molecule has 0 radical (unpaired) electrons. The van der Waals surface area contributed by atoms with Crippen molar-refractivity contribution in [1.82, 2.24) is 10.0 Å². The summed E-state index contributed by atoms with van der Waals surface area (Å²) in [7, 11) is -0.344. The molecule has 6 rings (SSSR count). The van der Waals surface area contributed by atoms with Crippen molar-refractivity contribution in [2.75, 3.05) is 25.5 Å². The molecule has 9 atom stereocenters. The van der Waals surface area contributed by atoms with Crippen molar-refractivity contribution >= 4 is 38.3 Å². The van der Waals surface area contributed by atoms with Crippen molar-refractivity contribution in [3.8, 4) is 0 Å². The lowest BCUT2D eigenvalue weighted by Crippen LogP contribution is -2.54. The van der Waals surface area contributed by atoms with Crippen LogP contribution in [0.25, 0.3) is 10.8 Å². The van der Waals surface area contributed by atoms with Gasteiger partial charge in [0.1, 0.15) is 0 Å². The second kappa shape index (κ2) is 13.0. The Labute approximate surface area is 281 Å². The lowest BCUT2D eigenvalue weighted by Gasteiger charge is -2.61. The van der Waals surface area contributed by atoms with Gasteiger partial charge in [-0.1, -0.05) is 45.0 Å². The van der Waals surface area contributed by atoms with E-state index in [1.807, 2.05) is 31.1 Å². The number of aliphatic hydroxyl groups is 1. The van der Waals surface area contributed by atoms with E-state index in [-0.39, 0.29) is 23.5 Å². The molecule has 4 saturated carbocycles. The molecular weight excluding hydrogens is 611 g/mol. The highest BCUT2D eigenvalue weighted by Gasteiger charge is 2.60. The lowest BCUT2D eigenvalue weighted by molar-refractivity contribution is -0.130. The highest BCUT2D eigenvalue weighted by Crippen LogP contribution is 2.68. The average molecular weight is 666 g/mol. The minimum absolute atomic E-state index is 0.0317. The molecule has 258 valence electrons. The van der Waals surface area contributed by atoms with Gasteiger partial charge in [-0.15, -0.1) is 0 Å². The van der Waals surface area contributed by atoms with E-state index < -0.39 is 15.9 Å². The van der Waals surface area contributed by atoms with Crippen LogP contribution in [0.3, 0.4) is 0 Å². The van der Waals surface area contributed by atoms with E-state index in [4.69, 9.17) is 0 Å². The SMILES string of the molecule is CC(CCC(=O)NCC(=O)NS(=O)(=O)c1cccc2c(N(C)C)cccc12)C1CCC2C3CCC4CC(O)CCC4(C)C3CCC12C. The Morgan fingerprint density at radius 3 is 2.38 bits per heavy atom. The van der Waals surface area contributed by atoms with Crippen molar-refractivity contribution in [3.63, 3.8) is 0 Å². The third kappa shape index (κ3) is 6.31. The third-order valence-corrected chi connectivity index (χ3v) is 15.0. The minimum Gasteiger partial charge on any atom is -0.393 e. The summed E-state index contributed by atoms with van der Waals surface area (Å²) in [6, 6.07) is 10.5. The topological polar surface area (TPSA) is 116 Å². The van der Waals surface area contributed by atoms with Crippen molar-refractivity contribution in [2.24, 2.45) is 46.3 Å². The van der Waals surface area contributed by atoms with Gasteiger partial charge in [0.15, 0.2) is 0 Å². The Hall–Kier alpha value is -2.65.